The van der Waals surface area contributed by atoms with E-state index in [9.17, 15) is 8.78 Å². The largest absolute Gasteiger partial charge is 0.320 e. The lowest BCUT2D eigenvalue weighted by atomic mass is 10.3. The van der Waals surface area contributed by atoms with Gasteiger partial charge in [-0.15, -0.1) is 5.10 Å². The maximum Gasteiger partial charge on any atom is 0.320 e. The number of para-hydroxylation sites is 3. The Hall–Kier alpha value is -2.10. The monoisotopic (exact) mass is 420 g/mol. The highest BCUT2D eigenvalue weighted by atomic mass is 32.2. The summed E-state index contributed by atoms with van der Waals surface area (Å²) >= 11 is 8.14. The second-order valence-corrected chi connectivity index (χ2v) is 8.96. The molecule has 2 aromatic carbocycles. The molecule has 0 aliphatic heterocycles. The number of hydrogen-bond acceptors (Lipinski definition) is 5. The number of fused-ring (bicyclic) bond motifs is 1. The van der Waals surface area contributed by atoms with Crippen molar-refractivity contribution in [3.05, 3.63) is 64.4 Å². The standard InChI is InChI=1S/C18H14F2N4S3/c1-11(15-21-13-9-5-6-10-14(13)23(15)16(19)20)26-17-22-24(18(25)27-17)12-7-3-2-4-8-12/h2-11,16H,1H3. The van der Waals surface area contributed by atoms with E-state index in [1.807, 2.05) is 37.3 Å². The van der Waals surface area contributed by atoms with Gasteiger partial charge in [0.25, 0.3) is 0 Å². The van der Waals surface area contributed by atoms with Crippen LogP contribution in [0.1, 0.15) is 24.5 Å². The van der Waals surface area contributed by atoms with Crippen LogP contribution in [0.15, 0.2) is 58.9 Å². The first-order chi connectivity index (χ1) is 13.0. The number of alkyl halides is 2. The summed E-state index contributed by atoms with van der Waals surface area (Å²) < 4.78 is 31.3. The summed E-state index contributed by atoms with van der Waals surface area (Å²) in [6, 6.07) is 16.5. The highest BCUT2D eigenvalue weighted by molar-refractivity contribution is 8.01. The number of halogens is 2. The van der Waals surface area contributed by atoms with E-state index in [4.69, 9.17) is 12.2 Å². The topological polar surface area (TPSA) is 35.6 Å². The summed E-state index contributed by atoms with van der Waals surface area (Å²) in [5.41, 5.74) is 1.86. The van der Waals surface area contributed by atoms with Gasteiger partial charge in [-0.3, -0.25) is 4.57 Å². The molecule has 0 radical (unpaired) electrons. The Morgan fingerprint density at radius 2 is 1.78 bits per heavy atom. The summed E-state index contributed by atoms with van der Waals surface area (Å²) in [6.07, 6.45) is 0. The molecule has 9 heteroatoms. The first-order valence-electron chi connectivity index (χ1n) is 8.12. The van der Waals surface area contributed by atoms with Gasteiger partial charge >= 0.3 is 6.55 Å². The van der Waals surface area contributed by atoms with Crippen LogP contribution in [0.25, 0.3) is 16.7 Å². The number of thioether (sulfide) groups is 1. The molecule has 4 nitrogen and oxygen atoms in total. The Labute approximate surface area is 167 Å². The molecule has 0 aliphatic rings. The molecular weight excluding hydrogens is 406 g/mol. The van der Waals surface area contributed by atoms with Gasteiger partial charge in [-0.25, -0.2) is 9.67 Å². The van der Waals surface area contributed by atoms with Crippen LogP contribution in [-0.4, -0.2) is 19.3 Å². The average molecular weight is 421 g/mol. The molecule has 0 saturated heterocycles. The van der Waals surface area contributed by atoms with Crippen LogP contribution < -0.4 is 0 Å². The van der Waals surface area contributed by atoms with E-state index < -0.39 is 6.55 Å². The molecule has 1 unspecified atom stereocenters. The van der Waals surface area contributed by atoms with Crippen LogP contribution in [0.3, 0.4) is 0 Å². The van der Waals surface area contributed by atoms with Crippen LogP contribution in [0.4, 0.5) is 8.78 Å². The van der Waals surface area contributed by atoms with E-state index in [-0.39, 0.29) is 5.25 Å². The van der Waals surface area contributed by atoms with Crippen LogP contribution in [0.5, 0.6) is 0 Å². The van der Waals surface area contributed by atoms with E-state index in [1.165, 1.54) is 23.1 Å². The predicted octanol–water partition coefficient (Wildman–Crippen LogP) is 6.26. The minimum atomic E-state index is -2.66. The molecule has 4 rings (SSSR count). The average Bonchev–Trinajstić information content (AvgIpc) is 3.23. The third-order valence-corrected chi connectivity index (χ3v) is 6.40. The summed E-state index contributed by atoms with van der Waals surface area (Å²) in [7, 11) is 0. The lowest BCUT2D eigenvalue weighted by molar-refractivity contribution is 0.0715. The fourth-order valence-electron chi connectivity index (χ4n) is 2.80. The molecule has 1 atom stereocenters. The van der Waals surface area contributed by atoms with Crippen molar-refractivity contribution in [1.82, 2.24) is 19.3 Å². The van der Waals surface area contributed by atoms with Gasteiger partial charge < -0.3 is 0 Å². The third-order valence-electron chi connectivity index (χ3n) is 3.99. The Kier molecular flexibility index (Phi) is 5.07. The quantitative estimate of drug-likeness (QED) is 0.282. The highest BCUT2D eigenvalue weighted by Gasteiger charge is 2.23. The van der Waals surface area contributed by atoms with Gasteiger partial charge in [-0.1, -0.05) is 53.4 Å². The van der Waals surface area contributed by atoms with E-state index in [0.717, 1.165) is 10.3 Å². The maximum atomic E-state index is 13.7. The Bertz CT molecular complexity index is 1130. The Balaban J connectivity index is 1.67. The van der Waals surface area contributed by atoms with Crippen LogP contribution in [-0.2, 0) is 0 Å². The molecule has 0 fully saturated rings. The van der Waals surface area contributed by atoms with Crippen molar-refractivity contribution in [3.8, 4) is 5.69 Å². The maximum absolute atomic E-state index is 13.7. The molecule has 0 saturated carbocycles. The van der Waals surface area contributed by atoms with E-state index in [1.54, 1.807) is 28.9 Å². The summed E-state index contributed by atoms with van der Waals surface area (Å²) in [5, 5.41) is 4.23. The first-order valence-corrected chi connectivity index (χ1v) is 10.2. The van der Waals surface area contributed by atoms with Crippen molar-refractivity contribution < 1.29 is 8.78 Å². The van der Waals surface area contributed by atoms with Gasteiger partial charge in [-0.05, 0) is 43.4 Å². The van der Waals surface area contributed by atoms with Gasteiger partial charge in [0.15, 0.2) is 8.29 Å². The van der Waals surface area contributed by atoms with Gasteiger partial charge in [0.1, 0.15) is 5.82 Å². The van der Waals surface area contributed by atoms with Crippen LogP contribution in [0.2, 0.25) is 0 Å². The molecule has 0 aliphatic carbocycles. The van der Waals surface area contributed by atoms with Crippen molar-refractivity contribution in [2.45, 2.75) is 23.1 Å². The fraction of sp³-hybridized carbons (Fsp3) is 0.167. The van der Waals surface area contributed by atoms with Gasteiger partial charge in [-0.2, -0.15) is 8.78 Å². The van der Waals surface area contributed by atoms with Gasteiger partial charge in [0.05, 0.1) is 22.0 Å². The molecule has 0 bridgehead atoms. The molecule has 0 N–H and O–H groups in total. The molecule has 2 heterocycles. The van der Waals surface area contributed by atoms with E-state index >= 15 is 0 Å². The molecule has 27 heavy (non-hydrogen) atoms. The molecule has 4 aromatic rings. The fourth-order valence-corrected chi connectivity index (χ4v) is 5.41. The van der Waals surface area contributed by atoms with Crippen molar-refractivity contribution in [2.24, 2.45) is 0 Å². The zero-order valence-corrected chi connectivity index (χ0v) is 16.6. The lowest BCUT2D eigenvalue weighted by Gasteiger charge is -2.12. The molecule has 2 aromatic heterocycles. The van der Waals surface area contributed by atoms with E-state index in [0.29, 0.717) is 25.2 Å². The van der Waals surface area contributed by atoms with Crippen LogP contribution in [0, 0.1) is 3.95 Å². The van der Waals surface area contributed by atoms with E-state index in [2.05, 4.69) is 10.1 Å². The Morgan fingerprint density at radius 3 is 2.52 bits per heavy atom. The molecule has 0 amide bonds. The number of hydrogen-bond donors (Lipinski definition) is 0. The predicted molar refractivity (Wildman–Crippen MR) is 108 cm³/mol. The number of nitrogens with zero attached hydrogens (tertiary/aromatic N) is 4. The Morgan fingerprint density at radius 1 is 1.07 bits per heavy atom. The van der Waals surface area contributed by atoms with Crippen molar-refractivity contribution in [2.75, 3.05) is 0 Å². The number of rotatable bonds is 5. The molecule has 138 valence electrons. The lowest BCUT2D eigenvalue weighted by Crippen LogP contribution is -2.06. The highest BCUT2D eigenvalue weighted by Crippen LogP contribution is 2.38. The van der Waals surface area contributed by atoms with Gasteiger partial charge in [0, 0.05) is 0 Å². The second-order valence-electron chi connectivity index (χ2n) is 5.75. The van der Waals surface area contributed by atoms with Crippen molar-refractivity contribution >= 4 is 46.3 Å². The number of aromatic nitrogens is 4. The second kappa shape index (κ2) is 7.49. The SMILES string of the molecule is CC(Sc1nn(-c2ccccc2)c(=S)s1)c1nc2ccccc2n1C(F)F. The zero-order valence-electron chi connectivity index (χ0n) is 14.1. The molecule has 0 spiro atoms. The van der Waals surface area contributed by atoms with Crippen molar-refractivity contribution in [3.63, 3.8) is 0 Å². The molecular formula is C18H14F2N4S3. The minimum Gasteiger partial charge on any atom is -0.269 e. The minimum absolute atomic E-state index is 0.309. The van der Waals surface area contributed by atoms with Gasteiger partial charge in [0.2, 0.25) is 0 Å². The third kappa shape index (κ3) is 3.54. The van der Waals surface area contributed by atoms with Crippen molar-refractivity contribution in [1.29, 1.82) is 0 Å². The first kappa shape index (κ1) is 18.3. The van der Waals surface area contributed by atoms with Crippen LogP contribution >= 0.6 is 35.3 Å². The summed E-state index contributed by atoms with van der Waals surface area (Å²) in [4.78, 5) is 4.42. The smallest absolute Gasteiger partial charge is 0.269 e. The normalized spacial score (nSPS) is 12.7. The number of imidazole rings is 1. The number of benzene rings is 2. The zero-order chi connectivity index (χ0) is 19.0. The summed E-state index contributed by atoms with van der Waals surface area (Å²) in [5.74, 6) is 0.323. The summed E-state index contributed by atoms with van der Waals surface area (Å²) in [6.45, 7) is -0.808.